The van der Waals surface area contributed by atoms with E-state index in [1.54, 1.807) is 24.7 Å². The molecule has 0 fully saturated rings. The van der Waals surface area contributed by atoms with E-state index in [1.165, 1.54) is 21.4 Å². The number of allylic oxidation sites excluding steroid dienone is 2. The number of nitrogens with zero attached hydrogens (tertiary/aromatic N) is 3. The van der Waals surface area contributed by atoms with Gasteiger partial charge in [-0.1, -0.05) is 36.4 Å². The predicted octanol–water partition coefficient (Wildman–Crippen LogP) is 3.91. The number of hydrogen-bond donors (Lipinski definition) is 0. The largest absolute Gasteiger partial charge is 0.274 e. The van der Waals surface area contributed by atoms with E-state index in [-0.39, 0.29) is 17.7 Å². The van der Waals surface area contributed by atoms with Gasteiger partial charge in [-0.3, -0.25) is 9.78 Å². The molecule has 1 aromatic carbocycles. The number of benzene rings is 1. The van der Waals surface area contributed by atoms with Crippen LogP contribution in [0.15, 0.2) is 78.9 Å². The second kappa shape index (κ2) is 5.52. The Labute approximate surface area is 145 Å². The van der Waals surface area contributed by atoms with Crippen LogP contribution < -0.4 is 0 Å². The maximum absolute atomic E-state index is 12.9. The van der Waals surface area contributed by atoms with Crippen molar-refractivity contribution in [1.82, 2.24) is 14.8 Å². The third kappa shape index (κ3) is 2.18. The van der Waals surface area contributed by atoms with Gasteiger partial charge >= 0.3 is 0 Å². The zero-order chi connectivity index (χ0) is 16.8. The highest BCUT2D eigenvalue weighted by Gasteiger charge is 2.43. The fraction of sp³-hybridized carbons (Fsp3) is 0.190. The number of rotatable bonds is 2. The summed E-state index contributed by atoms with van der Waals surface area (Å²) in [6.45, 7) is 0. The minimum Gasteiger partial charge on any atom is -0.267 e. The first-order chi connectivity index (χ1) is 12.3. The molecule has 6 rings (SSSR count). The van der Waals surface area contributed by atoms with Crippen LogP contribution in [0.2, 0.25) is 0 Å². The number of carbonyl (C=O) groups is 1. The first kappa shape index (κ1) is 14.3. The molecule has 4 nitrogen and oxygen atoms in total. The summed E-state index contributed by atoms with van der Waals surface area (Å²) in [5.41, 5.74) is 4.73. The van der Waals surface area contributed by atoms with Crippen LogP contribution in [-0.2, 0) is 0 Å². The van der Waals surface area contributed by atoms with Crippen LogP contribution >= 0.6 is 0 Å². The quantitative estimate of drug-likeness (QED) is 0.717. The van der Waals surface area contributed by atoms with Gasteiger partial charge in [-0.15, -0.1) is 0 Å². The molecule has 25 heavy (non-hydrogen) atoms. The third-order valence-electron chi connectivity index (χ3n) is 5.46. The van der Waals surface area contributed by atoms with E-state index in [0.29, 0.717) is 5.92 Å². The first-order valence-electron chi connectivity index (χ1n) is 8.58. The van der Waals surface area contributed by atoms with Crippen molar-refractivity contribution >= 4 is 5.91 Å². The van der Waals surface area contributed by atoms with Crippen molar-refractivity contribution in [2.24, 2.45) is 0 Å². The molecule has 0 saturated heterocycles. The standard InChI is InChI=1S/C21H17N3O/c25-21(24-10-4-9-23-24)20-12-18-15-6-1-2-7-16(15)19(20)11-17(18)14-5-3-8-22-13-14/h1-10,12-13,17-19H,11H2. The molecule has 3 aliphatic rings. The lowest BCUT2D eigenvalue weighted by Gasteiger charge is -2.42. The van der Waals surface area contributed by atoms with Gasteiger partial charge in [0.1, 0.15) is 0 Å². The van der Waals surface area contributed by atoms with Gasteiger partial charge in [-0.2, -0.15) is 5.10 Å². The van der Waals surface area contributed by atoms with Crippen LogP contribution in [-0.4, -0.2) is 20.7 Å². The Balaban J connectivity index is 1.62. The van der Waals surface area contributed by atoms with E-state index in [1.807, 2.05) is 12.3 Å². The summed E-state index contributed by atoms with van der Waals surface area (Å²) in [5, 5.41) is 4.12. The second-order valence-electron chi connectivity index (χ2n) is 6.71. The highest BCUT2D eigenvalue weighted by Crippen LogP contribution is 2.55. The Bertz CT molecular complexity index is 960. The number of aromatic nitrogens is 3. The Morgan fingerprint density at radius 2 is 1.92 bits per heavy atom. The molecule has 0 radical (unpaired) electrons. The maximum atomic E-state index is 12.9. The molecule has 0 aliphatic heterocycles. The van der Waals surface area contributed by atoms with E-state index in [4.69, 9.17) is 0 Å². The van der Waals surface area contributed by atoms with Gasteiger partial charge in [0.15, 0.2) is 0 Å². The van der Waals surface area contributed by atoms with Crippen LogP contribution in [0.4, 0.5) is 0 Å². The van der Waals surface area contributed by atoms with Crippen molar-refractivity contribution in [2.45, 2.75) is 24.2 Å². The molecule has 4 heteroatoms. The predicted molar refractivity (Wildman–Crippen MR) is 94.5 cm³/mol. The van der Waals surface area contributed by atoms with E-state index < -0.39 is 0 Å². The van der Waals surface area contributed by atoms with Crippen molar-refractivity contribution in [2.75, 3.05) is 0 Å². The Morgan fingerprint density at radius 3 is 2.68 bits per heavy atom. The number of hydrogen-bond acceptors (Lipinski definition) is 3. The van der Waals surface area contributed by atoms with Crippen molar-refractivity contribution in [3.8, 4) is 0 Å². The van der Waals surface area contributed by atoms with E-state index in [2.05, 4.69) is 46.5 Å². The van der Waals surface area contributed by atoms with Gasteiger partial charge < -0.3 is 0 Å². The Hall–Kier alpha value is -3.01. The lowest BCUT2D eigenvalue weighted by molar-refractivity contribution is 0.0927. The monoisotopic (exact) mass is 327 g/mol. The molecule has 122 valence electrons. The highest BCUT2D eigenvalue weighted by molar-refractivity contribution is 5.97. The summed E-state index contributed by atoms with van der Waals surface area (Å²) < 4.78 is 1.44. The molecule has 3 unspecified atom stereocenters. The molecule has 0 N–H and O–H groups in total. The van der Waals surface area contributed by atoms with Gasteiger partial charge in [-0.25, -0.2) is 4.68 Å². The van der Waals surface area contributed by atoms with Crippen molar-refractivity contribution in [1.29, 1.82) is 0 Å². The number of pyridine rings is 1. The van der Waals surface area contributed by atoms with E-state index in [0.717, 1.165) is 12.0 Å². The van der Waals surface area contributed by atoms with Crippen molar-refractivity contribution in [3.05, 3.63) is 95.6 Å². The topological polar surface area (TPSA) is 47.8 Å². The maximum Gasteiger partial charge on any atom is 0.274 e. The van der Waals surface area contributed by atoms with Gasteiger partial charge in [0, 0.05) is 42.2 Å². The van der Waals surface area contributed by atoms with Gasteiger partial charge in [-0.05, 0) is 41.2 Å². The van der Waals surface area contributed by atoms with Crippen molar-refractivity contribution in [3.63, 3.8) is 0 Å². The Morgan fingerprint density at radius 1 is 1.04 bits per heavy atom. The van der Waals surface area contributed by atoms with Crippen LogP contribution in [0.25, 0.3) is 0 Å². The zero-order valence-electron chi connectivity index (χ0n) is 13.6. The third-order valence-corrected chi connectivity index (χ3v) is 5.46. The molecule has 0 amide bonds. The van der Waals surface area contributed by atoms with Crippen molar-refractivity contribution < 1.29 is 4.79 Å². The molecule has 3 atom stereocenters. The minimum atomic E-state index is -0.0147. The summed E-state index contributed by atoms with van der Waals surface area (Å²) in [7, 11) is 0. The molecule has 0 spiro atoms. The van der Waals surface area contributed by atoms with Gasteiger partial charge in [0.25, 0.3) is 5.91 Å². The van der Waals surface area contributed by atoms with Crippen LogP contribution in [0.3, 0.4) is 0 Å². The average Bonchev–Trinajstić information content (AvgIpc) is 3.23. The summed E-state index contributed by atoms with van der Waals surface area (Å²) in [5.74, 6) is 0.671. The van der Waals surface area contributed by atoms with Gasteiger partial charge in [0.2, 0.25) is 0 Å². The lowest BCUT2D eigenvalue weighted by atomic mass is 9.61. The van der Waals surface area contributed by atoms with Crippen LogP contribution in [0, 0.1) is 0 Å². The second-order valence-corrected chi connectivity index (χ2v) is 6.71. The zero-order valence-corrected chi connectivity index (χ0v) is 13.6. The fourth-order valence-corrected chi connectivity index (χ4v) is 4.37. The fourth-order valence-electron chi connectivity index (χ4n) is 4.37. The van der Waals surface area contributed by atoms with Crippen LogP contribution in [0.1, 0.15) is 45.7 Å². The van der Waals surface area contributed by atoms with E-state index in [9.17, 15) is 4.79 Å². The first-order valence-corrected chi connectivity index (χ1v) is 8.58. The molecule has 2 aromatic heterocycles. The summed E-state index contributed by atoms with van der Waals surface area (Å²) in [6.07, 6.45) is 10.2. The average molecular weight is 327 g/mol. The lowest BCUT2D eigenvalue weighted by Crippen LogP contribution is -2.32. The number of carbonyl (C=O) groups excluding carboxylic acids is 1. The summed E-state index contributed by atoms with van der Waals surface area (Å²) >= 11 is 0. The minimum absolute atomic E-state index is 0.0147. The SMILES string of the molecule is O=C(C1=CC2c3ccccc3C1CC2c1cccnc1)n1cccn1. The summed E-state index contributed by atoms with van der Waals surface area (Å²) in [4.78, 5) is 17.2. The Kier molecular flexibility index (Phi) is 3.17. The molecule has 3 aromatic rings. The molecule has 3 aliphatic carbocycles. The van der Waals surface area contributed by atoms with E-state index >= 15 is 0 Å². The molecular weight excluding hydrogens is 310 g/mol. The van der Waals surface area contributed by atoms with Gasteiger partial charge in [0.05, 0.1) is 0 Å². The smallest absolute Gasteiger partial charge is 0.267 e. The molecular formula is C21H17N3O. The molecule has 2 bridgehead atoms. The van der Waals surface area contributed by atoms with Crippen LogP contribution in [0.5, 0.6) is 0 Å². The molecule has 2 heterocycles. The number of fused-ring (bicyclic) bond motifs is 1. The normalized spacial score (nSPS) is 23.8. The molecule has 0 saturated carbocycles. The summed E-state index contributed by atoms with van der Waals surface area (Å²) in [6, 6.07) is 14.4. The highest BCUT2D eigenvalue weighted by atomic mass is 16.2.